The molecule has 0 saturated heterocycles. The number of carbonyl (C=O) groups is 2. The van der Waals surface area contributed by atoms with Crippen LogP contribution in [0.2, 0.25) is 0 Å². The smallest absolute Gasteiger partial charge is 0.295 e. The van der Waals surface area contributed by atoms with Crippen molar-refractivity contribution in [1.82, 2.24) is 5.32 Å². The fourth-order valence-corrected chi connectivity index (χ4v) is 2.43. The molecule has 1 aliphatic rings. The van der Waals surface area contributed by atoms with Crippen LogP contribution >= 0.6 is 0 Å². The van der Waals surface area contributed by atoms with Crippen molar-refractivity contribution in [2.24, 2.45) is 0 Å². The van der Waals surface area contributed by atoms with Gasteiger partial charge in [-0.2, -0.15) is 0 Å². The lowest BCUT2D eigenvalue weighted by molar-refractivity contribution is -0.117. The summed E-state index contributed by atoms with van der Waals surface area (Å²) >= 11 is 0. The number of rotatable bonds is 3. The first-order valence-corrected chi connectivity index (χ1v) is 6.19. The molecule has 3 rings (SSSR count). The Bertz CT molecular complexity index is 591. The van der Waals surface area contributed by atoms with Crippen LogP contribution in [-0.2, 0) is 17.6 Å². The molecule has 1 N–H and O–H groups in total. The van der Waals surface area contributed by atoms with Crippen LogP contribution in [0.25, 0.3) is 0 Å². The highest BCUT2D eigenvalue weighted by atomic mass is 16.3. The second-order valence-electron chi connectivity index (χ2n) is 4.65. The van der Waals surface area contributed by atoms with Crippen LogP contribution < -0.4 is 5.32 Å². The third-order valence-electron chi connectivity index (χ3n) is 3.34. The summed E-state index contributed by atoms with van der Waals surface area (Å²) < 4.78 is 4.93. The van der Waals surface area contributed by atoms with Crippen LogP contribution in [0.5, 0.6) is 0 Å². The molecule has 19 heavy (non-hydrogen) atoms. The topological polar surface area (TPSA) is 59.3 Å². The fraction of sp³-hybridized carbons (Fsp3) is 0.200. The van der Waals surface area contributed by atoms with Gasteiger partial charge in [-0.3, -0.25) is 9.59 Å². The zero-order chi connectivity index (χ0) is 13.2. The lowest BCUT2D eigenvalue weighted by Gasteiger charge is -2.10. The average molecular weight is 255 g/mol. The van der Waals surface area contributed by atoms with E-state index >= 15 is 0 Å². The zero-order valence-electron chi connectivity index (χ0n) is 10.3. The number of carbonyl (C=O) groups excluding carboxylic acids is 2. The van der Waals surface area contributed by atoms with Crippen LogP contribution in [0.3, 0.4) is 0 Å². The Labute approximate surface area is 110 Å². The maximum absolute atomic E-state index is 11.8. The highest BCUT2D eigenvalue weighted by Crippen LogP contribution is 2.21. The molecular weight excluding hydrogens is 242 g/mol. The number of amides is 1. The summed E-state index contributed by atoms with van der Waals surface area (Å²) in [7, 11) is 0. The summed E-state index contributed by atoms with van der Waals surface area (Å²) in [5, 5.41) is 2.77. The Morgan fingerprint density at radius 3 is 2.32 bits per heavy atom. The van der Waals surface area contributed by atoms with Crippen molar-refractivity contribution in [2.45, 2.75) is 18.9 Å². The van der Waals surface area contributed by atoms with Crippen molar-refractivity contribution in [2.75, 3.05) is 0 Å². The van der Waals surface area contributed by atoms with Gasteiger partial charge in [0.25, 0.3) is 11.7 Å². The van der Waals surface area contributed by atoms with Gasteiger partial charge >= 0.3 is 0 Å². The molecule has 1 heterocycles. The second-order valence-corrected chi connectivity index (χ2v) is 4.65. The van der Waals surface area contributed by atoms with Crippen LogP contribution in [-0.4, -0.2) is 17.7 Å². The van der Waals surface area contributed by atoms with E-state index in [1.807, 2.05) is 12.1 Å². The minimum Gasteiger partial charge on any atom is -0.461 e. The van der Waals surface area contributed by atoms with Gasteiger partial charge in [-0.1, -0.05) is 24.3 Å². The van der Waals surface area contributed by atoms with E-state index in [4.69, 9.17) is 4.42 Å². The number of nitrogens with one attached hydrogen (secondary N) is 1. The standard InChI is InChI=1S/C15H13NO3/c17-14(13-6-3-7-19-13)15(18)16-12-8-10-4-1-2-5-11(10)9-12/h1-7,12H,8-9H2,(H,16,18). The highest BCUT2D eigenvalue weighted by molar-refractivity contribution is 6.42. The predicted octanol–water partition coefficient (Wildman–Crippen LogP) is 1.75. The van der Waals surface area contributed by atoms with Gasteiger partial charge in [-0.25, -0.2) is 0 Å². The largest absolute Gasteiger partial charge is 0.461 e. The molecule has 0 aliphatic heterocycles. The first-order chi connectivity index (χ1) is 9.24. The van der Waals surface area contributed by atoms with Crippen LogP contribution in [0.1, 0.15) is 21.7 Å². The molecule has 1 aromatic carbocycles. The molecule has 4 nitrogen and oxygen atoms in total. The van der Waals surface area contributed by atoms with Crippen molar-refractivity contribution in [3.05, 3.63) is 59.5 Å². The minimum atomic E-state index is -0.624. The Balaban J connectivity index is 1.65. The molecule has 1 aliphatic carbocycles. The molecule has 0 radical (unpaired) electrons. The summed E-state index contributed by atoms with van der Waals surface area (Å²) in [6.45, 7) is 0. The minimum absolute atomic E-state index is 0.0104. The molecule has 1 amide bonds. The van der Waals surface area contributed by atoms with Gasteiger partial charge < -0.3 is 9.73 Å². The molecule has 0 saturated carbocycles. The van der Waals surface area contributed by atoms with Gasteiger partial charge in [0.1, 0.15) is 0 Å². The van der Waals surface area contributed by atoms with Gasteiger partial charge in [-0.15, -0.1) is 0 Å². The van der Waals surface area contributed by atoms with Crippen molar-refractivity contribution in [3.63, 3.8) is 0 Å². The molecule has 4 heteroatoms. The average Bonchev–Trinajstić information content (AvgIpc) is 3.06. The van der Waals surface area contributed by atoms with Crippen LogP contribution in [0.15, 0.2) is 47.1 Å². The van der Waals surface area contributed by atoms with Crippen molar-refractivity contribution in [1.29, 1.82) is 0 Å². The van der Waals surface area contributed by atoms with E-state index in [1.165, 1.54) is 23.5 Å². The maximum Gasteiger partial charge on any atom is 0.295 e. The summed E-state index contributed by atoms with van der Waals surface area (Å²) in [5.74, 6) is -1.15. The van der Waals surface area contributed by atoms with Gasteiger partial charge in [-0.05, 0) is 36.1 Å². The van der Waals surface area contributed by atoms with Gasteiger partial charge in [0.15, 0.2) is 5.76 Å². The number of hydrogen-bond acceptors (Lipinski definition) is 3. The first kappa shape index (κ1) is 11.7. The van der Waals surface area contributed by atoms with Gasteiger partial charge in [0.05, 0.1) is 6.26 Å². The first-order valence-electron chi connectivity index (χ1n) is 6.19. The molecule has 0 spiro atoms. The molecule has 2 aromatic rings. The number of hydrogen-bond donors (Lipinski definition) is 1. The number of benzene rings is 1. The van der Waals surface area contributed by atoms with E-state index in [0.717, 1.165) is 12.8 Å². The van der Waals surface area contributed by atoms with E-state index in [1.54, 1.807) is 6.07 Å². The normalized spacial score (nSPS) is 14.1. The zero-order valence-corrected chi connectivity index (χ0v) is 10.3. The molecule has 0 fully saturated rings. The lowest BCUT2D eigenvalue weighted by atomic mass is 10.1. The molecule has 0 bridgehead atoms. The summed E-state index contributed by atoms with van der Waals surface area (Å²) in [4.78, 5) is 23.6. The maximum atomic E-state index is 11.8. The number of fused-ring (bicyclic) bond motifs is 1. The van der Waals surface area contributed by atoms with E-state index in [2.05, 4.69) is 17.4 Å². The van der Waals surface area contributed by atoms with Gasteiger partial charge in [0.2, 0.25) is 0 Å². The van der Waals surface area contributed by atoms with Gasteiger partial charge in [0, 0.05) is 6.04 Å². The number of ketones is 1. The number of Topliss-reactive ketones (excluding diaryl/α,β-unsaturated/α-hetero) is 1. The molecule has 1 aromatic heterocycles. The highest BCUT2D eigenvalue weighted by Gasteiger charge is 2.26. The summed E-state index contributed by atoms with van der Waals surface area (Å²) in [6.07, 6.45) is 2.92. The van der Waals surface area contributed by atoms with Crippen molar-refractivity contribution in [3.8, 4) is 0 Å². The monoisotopic (exact) mass is 255 g/mol. The predicted molar refractivity (Wildman–Crippen MR) is 68.8 cm³/mol. The quantitative estimate of drug-likeness (QED) is 0.671. The second kappa shape index (κ2) is 4.72. The van der Waals surface area contributed by atoms with E-state index in [0.29, 0.717) is 0 Å². The van der Waals surface area contributed by atoms with Crippen molar-refractivity contribution >= 4 is 11.7 Å². The van der Waals surface area contributed by atoms with E-state index < -0.39 is 11.7 Å². The summed E-state index contributed by atoms with van der Waals surface area (Å²) in [5.41, 5.74) is 2.47. The fourth-order valence-electron chi connectivity index (χ4n) is 2.43. The SMILES string of the molecule is O=C(NC1Cc2ccccc2C1)C(=O)c1ccco1. The third-order valence-corrected chi connectivity index (χ3v) is 3.34. The molecule has 96 valence electrons. The Morgan fingerprint density at radius 1 is 1.05 bits per heavy atom. The van der Waals surface area contributed by atoms with Crippen LogP contribution in [0, 0.1) is 0 Å². The third kappa shape index (κ3) is 2.29. The Morgan fingerprint density at radius 2 is 1.74 bits per heavy atom. The molecule has 0 unspecified atom stereocenters. The number of furan rings is 1. The van der Waals surface area contributed by atoms with E-state index in [9.17, 15) is 9.59 Å². The van der Waals surface area contributed by atoms with E-state index in [-0.39, 0.29) is 11.8 Å². The Hall–Kier alpha value is -2.36. The molecular formula is C15H13NO3. The lowest BCUT2D eigenvalue weighted by Crippen LogP contribution is -2.39. The summed E-state index contributed by atoms with van der Waals surface area (Å²) in [6, 6.07) is 11.1. The Kier molecular flexibility index (Phi) is 2.91. The van der Waals surface area contributed by atoms with Crippen LogP contribution in [0.4, 0.5) is 0 Å². The van der Waals surface area contributed by atoms with Crippen molar-refractivity contribution < 1.29 is 14.0 Å². The molecule has 0 atom stereocenters.